The molecule has 5 nitrogen and oxygen atoms in total. The molecule has 76 valence electrons. The number of aliphatic carboxylic acids is 1. The Labute approximate surface area is 88.5 Å². The zero-order valence-electron chi connectivity index (χ0n) is 7.30. The van der Waals surface area contributed by atoms with E-state index in [0.29, 0.717) is 0 Å². The summed E-state index contributed by atoms with van der Waals surface area (Å²) in [5.41, 5.74) is 0.623. The van der Waals surface area contributed by atoms with Gasteiger partial charge in [-0.05, 0) is 6.92 Å². The van der Waals surface area contributed by atoms with Gasteiger partial charge < -0.3 is 10.3 Å². The van der Waals surface area contributed by atoms with E-state index in [1.54, 1.807) is 0 Å². The lowest BCUT2D eigenvalue weighted by Gasteiger charge is -1.95. The van der Waals surface area contributed by atoms with Crippen molar-refractivity contribution in [2.45, 2.75) is 11.3 Å². The topological polar surface area (TPSA) is 82.8 Å². The molecule has 0 saturated carbocycles. The van der Waals surface area contributed by atoms with Gasteiger partial charge in [0.25, 0.3) is 0 Å². The summed E-state index contributed by atoms with van der Waals surface area (Å²) in [6, 6.07) is 0. The Kier molecular flexibility index (Phi) is 3.90. The summed E-state index contributed by atoms with van der Waals surface area (Å²) in [5, 5.41) is 21.4. The maximum atomic E-state index is 10.4. The van der Waals surface area contributed by atoms with Gasteiger partial charge in [-0.25, -0.2) is 9.78 Å². The molecule has 0 aromatic carbocycles. The molecular formula is C7H8N2O3S2. The van der Waals surface area contributed by atoms with Crippen LogP contribution in [0, 0.1) is 6.92 Å². The van der Waals surface area contributed by atoms with Crippen LogP contribution in [0.1, 0.15) is 5.69 Å². The summed E-state index contributed by atoms with van der Waals surface area (Å²) in [5.74, 6) is -1.10. The summed E-state index contributed by atoms with van der Waals surface area (Å²) >= 11 is 2.67. The summed E-state index contributed by atoms with van der Waals surface area (Å²) < 4.78 is 0.768. The molecule has 0 aliphatic heterocycles. The maximum Gasteiger partial charge on any atom is 0.354 e. The molecule has 0 unspecified atom stereocenters. The number of thiazole rings is 1. The van der Waals surface area contributed by atoms with Gasteiger partial charge in [-0.3, -0.25) is 0 Å². The number of thioether (sulfide) groups is 1. The Balaban J connectivity index is 2.52. The smallest absolute Gasteiger partial charge is 0.354 e. The van der Waals surface area contributed by atoms with Crippen molar-refractivity contribution in [1.82, 2.24) is 4.98 Å². The van der Waals surface area contributed by atoms with Gasteiger partial charge >= 0.3 is 5.97 Å². The second-order valence-electron chi connectivity index (χ2n) is 2.40. The predicted octanol–water partition coefficient (Wildman–Crippen LogP) is 1.46. The minimum atomic E-state index is -1.21. The Morgan fingerprint density at radius 3 is 2.93 bits per heavy atom. The predicted molar refractivity (Wildman–Crippen MR) is 54.4 cm³/mol. The molecule has 0 aliphatic rings. The molecule has 1 aromatic rings. The number of nitrogens with zero attached hydrogens (tertiary/aromatic N) is 2. The molecule has 1 aromatic heterocycles. The fourth-order valence-electron chi connectivity index (χ4n) is 0.662. The van der Waals surface area contributed by atoms with Crippen LogP contribution < -0.4 is 0 Å². The molecule has 2 N–H and O–H groups in total. The van der Waals surface area contributed by atoms with Gasteiger partial charge in [0, 0.05) is 11.1 Å². The van der Waals surface area contributed by atoms with E-state index in [0.717, 1.165) is 10.0 Å². The van der Waals surface area contributed by atoms with Crippen LogP contribution in [-0.4, -0.2) is 32.7 Å². The highest BCUT2D eigenvalue weighted by atomic mass is 32.2. The molecule has 7 heteroatoms. The average molecular weight is 232 g/mol. The second-order valence-corrected chi connectivity index (χ2v) is 4.48. The van der Waals surface area contributed by atoms with Crippen molar-refractivity contribution in [1.29, 1.82) is 0 Å². The Bertz CT molecular complexity index is 362. The Morgan fingerprint density at radius 1 is 1.79 bits per heavy atom. The molecule has 0 bridgehead atoms. The number of aromatic nitrogens is 1. The number of hydrogen-bond donors (Lipinski definition) is 2. The van der Waals surface area contributed by atoms with Gasteiger partial charge in [0.05, 0.1) is 5.75 Å². The van der Waals surface area contributed by atoms with E-state index in [2.05, 4.69) is 10.1 Å². The number of hydrogen-bond acceptors (Lipinski definition) is 6. The molecular weight excluding hydrogens is 224 g/mol. The van der Waals surface area contributed by atoms with Gasteiger partial charge in [0.1, 0.15) is 4.34 Å². The summed E-state index contributed by atoms with van der Waals surface area (Å²) in [6.07, 6.45) is 0. The van der Waals surface area contributed by atoms with Crippen molar-refractivity contribution in [3.8, 4) is 0 Å². The van der Waals surface area contributed by atoms with Crippen LogP contribution in [0.4, 0.5) is 0 Å². The van der Waals surface area contributed by atoms with E-state index in [4.69, 9.17) is 10.3 Å². The third-order valence-electron chi connectivity index (χ3n) is 1.30. The molecule has 1 rings (SSSR count). The van der Waals surface area contributed by atoms with E-state index < -0.39 is 5.97 Å². The molecule has 0 spiro atoms. The number of aryl methyl sites for hydroxylation is 1. The second kappa shape index (κ2) is 4.97. The average Bonchev–Trinajstić information content (AvgIpc) is 2.52. The summed E-state index contributed by atoms with van der Waals surface area (Å²) in [7, 11) is 0. The summed E-state index contributed by atoms with van der Waals surface area (Å²) in [6.45, 7) is 1.86. The zero-order chi connectivity index (χ0) is 10.6. The molecule has 0 radical (unpaired) electrons. The third-order valence-corrected chi connectivity index (χ3v) is 3.45. The van der Waals surface area contributed by atoms with E-state index in [9.17, 15) is 4.79 Å². The molecule has 0 fully saturated rings. The normalized spacial score (nSPS) is 11.6. The molecule has 0 saturated heterocycles. The zero-order valence-corrected chi connectivity index (χ0v) is 8.93. The first-order chi connectivity index (χ1) is 6.63. The third kappa shape index (κ3) is 3.00. The van der Waals surface area contributed by atoms with E-state index in [1.165, 1.54) is 23.1 Å². The number of rotatable bonds is 4. The van der Waals surface area contributed by atoms with Crippen LogP contribution in [0.2, 0.25) is 0 Å². The van der Waals surface area contributed by atoms with Gasteiger partial charge in [-0.2, -0.15) is 0 Å². The van der Waals surface area contributed by atoms with Crippen LogP contribution in [0.5, 0.6) is 0 Å². The number of carboxylic acid groups (broad SMARTS) is 1. The van der Waals surface area contributed by atoms with Crippen LogP contribution in [0.3, 0.4) is 0 Å². The Morgan fingerprint density at radius 2 is 2.50 bits per heavy atom. The molecule has 1 heterocycles. The van der Waals surface area contributed by atoms with Crippen molar-refractivity contribution in [3.05, 3.63) is 11.1 Å². The molecule has 0 atom stereocenters. The first-order valence-corrected chi connectivity index (χ1v) is 5.49. The van der Waals surface area contributed by atoms with Gasteiger partial charge in [0.15, 0.2) is 5.71 Å². The monoisotopic (exact) mass is 232 g/mol. The lowest BCUT2D eigenvalue weighted by atomic mass is 10.4. The van der Waals surface area contributed by atoms with Crippen LogP contribution >= 0.6 is 23.1 Å². The van der Waals surface area contributed by atoms with Gasteiger partial charge in [-0.1, -0.05) is 16.9 Å². The molecule has 14 heavy (non-hydrogen) atoms. The fraction of sp³-hybridized carbons (Fsp3) is 0.286. The molecule has 0 amide bonds. The highest BCUT2D eigenvalue weighted by Crippen LogP contribution is 2.22. The number of carbonyl (C=O) groups is 1. The van der Waals surface area contributed by atoms with Gasteiger partial charge in [-0.15, -0.1) is 11.3 Å². The SMILES string of the molecule is Cc1csc(SC/C(=N/O)C(=O)O)n1. The number of oxime groups is 1. The first kappa shape index (κ1) is 11.0. The van der Waals surface area contributed by atoms with Crippen molar-refractivity contribution >= 4 is 34.8 Å². The van der Waals surface area contributed by atoms with Crippen LogP contribution in [0.15, 0.2) is 14.9 Å². The first-order valence-electron chi connectivity index (χ1n) is 3.62. The largest absolute Gasteiger partial charge is 0.477 e. The standard InChI is InChI=1S/C7H8N2O3S2/c1-4-2-13-7(8-4)14-3-5(9-12)6(10)11/h2,12H,3H2,1H3,(H,10,11)/b9-5-. The molecule has 0 aliphatic carbocycles. The van der Waals surface area contributed by atoms with Crippen molar-refractivity contribution in [3.63, 3.8) is 0 Å². The van der Waals surface area contributed by atoms with Crippen molar-refractivity contribution in [2.24, 2.45) is 5.16 Å². The minimum absolute atomic E-state index is 0.110. The summed E-state index contributed by atoms with van der Waals surface area (Å²) in [4.78, 5) is 14.6. The van der Waals surface area contributed by atoms with Crippen LogP contribution in [-0.2, 0) is 4.79 Å². The van der Waals surface area contributed by atoms with E-state index >= 15 is 0 Å². The lowest BCUT2D eigenvalue weighted by molar-refractivity contribution is -0.129. The van der Waals surface area contributed by atoms with E-state index in [1.807, 2.05) is 12.3 Å². The fourth-order valence-corrected chi connectivity index (χ4v) is 2.43. The highest BCUT2D eigenvalue weighted by Gasteiger charge is 2.11. The van der Waals surface area contributed by atoms with Crippen molar-refractivity contribution in [2.75, 3.05) is 5.75 Å². The van der Waals surface area contributed by atoms with Crippen LogP contribution in [0.25, 0.3) is 0 Å². The van der Waals surface area contributed by atoms with E-state index in [-0.39, 0.29) is 11.5 Å². The Hall–Kier alpha value is -1.08. The van der Waals surface area contributed by atoms with Gasteiger partial charge in [0.2, 0.25) is 0 Å². The maximum absolute atomic E-state index is 10.4. The number of carboxylic acids is 1. The highest BCUT2D eigenvalue weighted by molar-refractivity contribution is 8.01. The van der Waals surface area contributed by atoms with Crippen molar-refractivity contribution < 1.29 is 15.1 Å². The minimum Gasteiger partial charge on any atom is -0.477 e. The lowest BCUT2D eigenvalue weighted by Crippen LogP contribution is -2.15. The quantitative estimate of drug-likeness (QED) is 0.355.